The van der Waals surface area contributed by atoms with E-state index in [0.29, 0.717) is 12.1 Å². The van der Waals surface area contributed by atoms with Crippen LogP contribution in [0.3, 0.4) is 0 Å². The third kappa shape index (κ3) is 5.60. The van der Waals surface area contributed by atoms with E-state index < -0.39 is 10.0 Å². The second-order valence-corrected chi connectivity index (χ2v) is 8.02. The lowest BCUT2D eigenvalue weighted by molar-refractivity contribution is 0.548. The molecule has 1 aromatic heterocycles. The molecule has 2 aromatic carbocycles. The minimum atomic E-state index is -3.42. The van der Waals surface area contributed by atoms with Gasteiger partial charge < -0.3 is 0 Å². The van der Waals surface area contributed by atoms with Crippen LogP contribution in [0.1, 0.15) is 5.56 Å². The Labute approximate surface area is 158 Å². The number of sulfonamides is 1. The molecule has 0 aliphatic heterocycles. The molecule has 27 heavy (non-hydrogen) atoms. The number of hydrogen-bond acceptors (Lipinski definition) is 4. The van der Waals surface area contributed by atoms with Gasteiger partial charge in [-0.25, -0.2) is 17.8 Å². The quantitative estimate of drug-likeness (QED) is 0.646. The highest BCUT2D eigenvalue weighted by molar-refractivity contribution is 7.89. The van der Waals surface area contributed by atoms with Crippen LogP contribution in [0, 0.1) is 0 Å². The average Bonchev–Trinajstić information content (AvgIpc) is 2.69. The maximum atomic E-state index is 12.1. The molecule has 0 bridgehead atoms. The third-order valence-corrected chi connectivity index (χ3v) is 5.47. The second kappa shape index (κ2) is 8.75. The summed E-state index contributed by atoms with van der Waals surface area (Å²) in [5, 5.41) is 4.33. The van der Waals surface area contributed by atoms with Gasteiger partial charge >= 0.3 is 0 Å². The van der Waals surface area contributed by atoms with Gasteiger partial charge in [0.2, 0.25) is 10.0 Å². The number of aromatic nitrogens is 2. The van der Waals surface area contributed by atoms with Gasteiger partial charge in [0.05, 0.1) is 18.0 Å². The fourth-order valence-electron chi connectivity index (χ4n) is 2.65. The molecule has 3 aromatic rings. The summed E-state index contributed by atoms with van der Waals surface area (Å²) in [4.78, 5) is 12.0. The van der Waals surface area contributed by atoms with Crippen molar-refractivity contribution in [1.82, 2.24) is 14.5 Å². The lowest BCUT2D eigenvalue weighted by atomic mass is 10.1. The number of benzene rings is 2. The fourth-order valence-corrected chi connectivity index (χ4v) is 3.70. The predicted molar refractivity (Wildman–Crippen MR) is 106 cm³/mol. The first-order valence-corrected chi connectivity index (χ1v) is 10.3. The van der Waals surface area contributed by atoms with E-state index in [1.807, 2.05) is 60.7 Å². The first-order chi connectivity index (χ1) is 13.0. The van der Waals surface area contributed by atoms with Crippen LogP contribution in [-0.2, 0) is 23.0 Å². The van der Waals surface area contributed by atoms with E-state index in [9.17, 15) is 13.2 Å². The molecule has 0 unspecified atom stereocenters. The normalized spacial score (nSPS) is 11.4. The molecule has 0 spiro atoms. The number of hydrogen-bond donors (Lipinski definition) is 1. The van der Waals surface area contributed by atoms with Gasteiger partial charge in [-0.05, 0) is 18.1 Å². The number of nitrogens with one attached hydrogen (secondary N) is 1. The van der Waals surface area contributed by atoms with Gasteiger partial charge in [0.1, 0.15) is 0 Å². The molecular weight excluding hydrogens is 362 g/mol. The van der Waals surface area contributed by atoms with Crippen molar-refractivity contribution in [3.63, 3.8) is 0 Å². The molecule has 3 rings (SSSR count). The van der Waals surface area contributed by atoms with Gasteiger partial charge in [-0.2, -0.15) is 5.10 Å². The zero-order valence-electron chi connectivity index (χ0n) is 14.8. The van der Waals surface area contributed by atoms with Crippen molar-refractivity contribution in [2.24, 2.45) is 0 Å². The summed E-state index contributed by atoms with van der Waals surface area (Å²) in [5.41, 5.74) is 2.27. The largest absolute Gasteiger partial charge is 0.268 e. The molecule has 1 N–H and O–H groups in total. The zero-order valence-corrected chi connectivity index (χ0v) is 15.6. The molecule has 1 heterocycles. The molecule has 6 nitrogen and oxygen atoms in total. The van der Waals surface area contributed by atoms with Crippen molar-refractivity contribution in [3.8, 4) is 11.3 Å². The van der Waals surface area contributed by atoms with Gasteiger partial charge in [-0.1, -0.05) is 60.7 Å². The Balaban J connectivity index is 1.59. The number of aryl methyl sites for hydroxylation is 1. The highest BCUT2D eigenvalue weighted by atomic mass is 32.2. The van der Waals surface area contributed by atoms with E-state index in [1.54, 1.807) is 6.07 Å². The minimum absolute atomic E-state index is 0.00337. The monoisotopic (exact) mass is 383 g/mol. The summed E-state index contributed by atoms with van der Waals surface area (Å²) in [7, 11) is -3.42. The van der Waals surface area contributed by atoms with Crippen LogP contribution in [-0.4, -0.2) is 30.5 Å². The highest BCUT2D eigenvalue weighted by Crippen LogP contribution is 2.13. The van der Waals surface area contributed by atoms with Crippen LogP contribution >= 0.6 is 0 Å². The van der Waals surface area contributed by atoms with Crippen LogP contribution in [0.15, 0.2) is 77.6 Å². The summed E-state index contributed by atoms with van der Waals surface area (Å²) in [6.07, 6.45) is 0.442. The highest BCUT2D eigenvalue weighted by Gasteiger charge is 2.10. The maximum absolute atomic E-state index is 12.1. The van der Waals surface area contributed by atoms with Crippen molar-refractivity contribution >= 4 is 10.0 Å². The molecule has 7 heteroatoms. The molecule has 0 amide bonds. The molecule has 0 atom stereocenters. The Hall–Kier alpha value is -2.77. The van der Waals surface area contributed by atoms with E-state index in [0.717, 1.165) is 11.1 Å². The molecule has 140 valence electrons. The van der Waals surface area contributed by atoms with Crippen molar-refractivity contribution in [3.05, 3.63) is 88.7 Å². The standard InChI is InChI=1S/C20H21N3O3S/c24-20-12-11-19(18-9-5-2-6-10-18)22-23(20)15-14-21-27(25,26)16-13-17-7-3-1-4-8-17/h1-12,21H,13-16H2. The van der Waals surface area contributed by atoms with E-state index in [1.165, 1.54) is 10.7 Å². The smallest absolute Gasteiger partial charge is 0.266 e. The average molecular weight is 383 g/mol. The van der Waals surface area contributed by atoms with E-state index >= 15 is 0 Å². The molecule has 0 aliphatic rings. The van der Waals surface area contributed by atoms with E-state index in [-0.39, 0.29) is 24.4 Å². The Morgan fingerprint density at radius 1 is 0.889 bits per heavy atom. The van der Waals surface area contributed by atoms with Crippen molar-refractivity contribution in [1.29, 1.82) is 0 Å². The third-order valence-electron chi connectivity index (χ3n) is 4.08. The van der Waals surface area contributed by atoms with Gasteiger partial charge in [0, 0.05) is 18.2 Å². The van der Waals surface area contributed by atoms with Crippen LogP contribution in [0.2, 0.25) is 0 Å². The first kappa shape index (κ1) is 19.0. The van der Waals surface area contributed by atoms with Crippen molar-refractivity contribution < 1.29 is 8.42 Å². The van der Waals surface area contributed by atoms with E-state index in [4.69, 9.17) is 0 Å². The number of nitrogens with zero attached hydrogens (tertiary/aromatic N) is 2. The van der Waals surface area contributed by atoms with Gasteiger partial charge in [0.15, 0.2) is 0 Å². The molecule has 0 fully saturated rings. The Morgan fingerprint density at radius 3 is 2.26 bits per heavy atom. The number of rotatable bonds is 8. The predicted octanol–water partition coefficient (Wildman–Crippen LogP) is 2.07. The fraction of sp³-hybridized carbons (Fsp3) is 0.200. The molecule has 0 saturated carbocycles. The Bertz CT molecular complexity index is 1030. The SMILES string of the molecule is O=c1ccc(-c2ccccc2)nn1CCNS(=O)(=O)CCc1ccccc1. The maximum Gasteiger partial charge on any atom is 0.266 e. The molecule has 0 radical (unpaired) electrons. The van der Waals surface area contributed by atoms with Crippen LogP contribution in [0.5, 0.6) is 0 Å². The Morgan fingerprint density at radius 2 is 1.56 bits per heavy atom. The van der Waals surface area contributed by atoms with E-state index in [2.05, 4.69) is 9.82 Å². The topological polar surface area (TPSA) is 81.1 Å². The zero-order chi connectivity index (χ0) is 19.1. The molecule has 0 aliphatic carbocycles. The van der Waals surface area contributed by atoms with Gasteiger partial charge in [-0.15, -0.1) is 0 Å². The van der Waals surface area contributed by atoms with Crippen molar-refractivity contribution in [2.75, 3.05) is 12.3 Å². The lowest BCUT2D eigenvalue weighted by Crippen LogP contribution is -2.33. The summed E-state index contributed by atoms with van der Waals surface area (Å²) in [5.74, 6) is 0.00337. The Kier molecular flexibility index (Phi) is 6.16. The molecule has 0 saturated heterocycles. The lowest BCUT2D eigenvalue weighted by Gasteiger charge is -2.09. The summed E-state index contributed by atoms with van der Waals surface area (Å²) in [6, 6.07) is 22.1. The minimum Gasteiger partial charge on any atom is -0.268 e. The second-order valence-electron chi connectivity index (χ2n) is 6.09. The summed E-state index contributed by atoms with van der Waals surface area (Å²) >= 11 is 0. The molecular formula is C20H21N3O3S. The first-order valence-electron chi connectivity index (χ1n) is 8.68. The summed E-state index contributed by atoms with van der Waals surface area (Å²) in [6.45, 7) is 0.284. The summed E-state index contributed by atoms with van der Waals surface area (Å²) < 4.78 is 28.1. The van der Waals surface area contributed by atoms with Crippen LogP contribution in [0.25, 0.3) is 11.3 Å². The van der Waals surface area contributed by atoms with Crippen molar-refractivity contribution in [2.45, 2.75) is 13.0 Å². The van der Waals surface area contributed by atoms with Gasteiger partial charge in [0.25, 0.3) is 5.56 Å². The van der Waals surface area contributed by atoms with Crippen LogP contribution < -0.4 is 10.3 Å². The van der Waals surface area contributed by atoms with Crippen LogP contribution in [0.4, 0.5) is 0 Å². The van der Waals surface area contributed by atoms with Gasteiger partial charge in [-0.3, -0.25) is 4.79 Å².